The number of aromatic nitrogens is 3. The Hall–Kier alpha value is -2.62. The van der Waals surface area contributed by atoms with Crippen LogP contribution in [-0.2, 0) is 0 Å². The molecule has 1 aromatic carbocycles. The molecule has 3 aromatic rings. The fraction of sp³-hybridized carbons (Fsp3) is 0. The highest BCUT2D eigenvalue weighted by atomic mass is 19.1. The summed E-state index contributed by atoms with van der Waals surface area (Å²) in [6.07, 6.45) is 7.06. The maximum absolute atomic E-state index is 13.3. The topological polar surface area (TPSA) is 38.7 Å². The van der Waals surface area contributed by atoms with Crippen LogP contribution < -0.4 is 0 Å². The Morgan fingerprint density at radius 2 is 2.00 bits per heavy atom. The average molecular weight is 251 g/mol. The third kappa shape index (κ3) is 2.47. The predicted molar refractivity (Wildman–Crippen MR) is 72.7 cm³/mol. The average Bonchev–Trinajstić information content (AvgIpc) is 2.46. The van der Waals surface area contributed by atoms with Crippen molar-refractivity contribution in [3.05, 3.63) is 65.9 Å². The summed E-state index contributed by atoms with van der Waals surface area (Å²) in [5.74, 6) is -0.284. The number of rotatable bonds is 2. The van der Waals surface area contributed by atoms with Crippen LogP contribution in [0.25, 0.3) is 23.1 Å². The van der Waals surface area contributed by atoms with Crippen LogP contribution in [0.2, 0.25) is 0 Å². The van der Waals surface area contributed by atoms with Crippen molar-refractivity contribution in [3.8, 4) is 0 Å². The first-order valence-electron chi connectivity index (χ1n) is 5.83. The van der Waals surface area contributed by atoms with Crippen molar-refractivity contribution in [1.29, 1.82) is 0 Å². The van der Waals surface area contributed by atoms with Crippen LogP contribution in [0.5, 0.6) is 0 Å². The lowest BCUT2D eigenvalue weighted by atomic mass is 10.1. The standard InChI is InChI=1S/C15H10FN3/c16-12-5-7-15-14(9-12)11(10-18-19-15)4-6-13-3-1-2-8-17-13/h1-10H/b6-4-. The first kappa shape index (κ1) is 11.5. The maximum atomic E-state index is 13.3. The lowest BCUT2D eigenvalue weighted by Gasteiger charge is -2.00. The van der Waals surface area contributed by atoms with E-state index < -0.39 is 0 Å². The Morgan fingerprint density at radius 3 is 2.84 bits per heavy atom. The van der Waals surface area contributed by atoms with Gasteiger partial charge in [0.15, 0.2) is 0 Å². The largest absolute Gasteiger partial charge is 0.257 e. The summed E-state index contributed by atoms with van der Waals surface area (Å²) in [4.78, 5) is 4.19. The quantitative estimate of drug-likeness (QED) is 0.701. The number of halogens is 1. The van der Waals surface area contributed by atoms with Gasteiger partial charge in [-0.05, 0) is 36.4 Å². The summed E-state index contributed by atoms with van der Waals surface area (Å²) in [5.41, 5.74) is 2.32. The molecule has 0 aliphatic heterocycles. The van der Waals surface area contributed by atoms with Gasteiger partial charge in [-0.3, -0.25) is 4.98 Å². The van der Waals surface area contributed by atoms with Gasteiger partial charge in [0.1, 0.15) is 5.82 Å². The Labute approximate surface area is 109 Å². The molecule has 0 aliphatic carbocycles. The molecule has 2 aromatic heterocycles. The lowest BCUT2D eigenvalue weighted by molar-refractivity contribution is 0.629. The van der Waals surface area contributed by atoms with E-state index in [1.807, 2.05) is 30.4 Å². The minimum absolute atomic E-state index is 0.284. The molecule has 19 heavy (non-hydrogen) atoms. The summed E-state index contributed by atoms with van der Waals surface area (Å²) in [7, 11) is 0. The molecule has 0 unspecified atom stereocenters. The molecule has 2 heterocycles. The number of pyridine rings is 1. The van der Waals surface area contributed by atoms with Crippen LogP contribution in [-0.4, -0.2) is 15.2 Å². The van der Waals surface area contributed by atoms with E-state index in [-0.39, 0.29) is 5.82 Å². The monoisotopic (exact) mass is 251 g/mol. The summed E-state index contributed by atoms with van der Waals surface area (Å²) < 4.78 is 13.3. The van der Waals surface area contributed by atoms with Crippen LogP contribution >= 0.6 is 0 Å². The van der Waals surface area contributed by atoms with E-state index in [4.69, 9.17) is 0 Å². The molecule has 0 spiro atoms. The van der Waals surface area contributed by atoms with E-state index in [1.54, 1.807) is 18.5 Å². The molecular formula is C15H10FN3. The molecule has 3 rings (SSSR count). The second-order valence-corrected chi connectivity index (χ2v) is 4.05. The fourth-order valence-corrected chi connectivity index (χ4v) is 1.83. The number of hydrogen-bond donors (Lipinski definition) is 0. The van der Waals surface area contributed by atoms with Crippen LogP contribution in [0.4, 0.5) is 4.39 Å². The minimum Gasteiger partial charge on any atom is -0.257 e. The molecular weight excluding hydrogens is 241 g/mol. The van der Waals surface area contributed by atoms with Gasteiger partial charge in [-0.2, -0.15) is 10.2 Å². The van der Waals surface area contributed by atoms with Crippen LogP contribution in [0, 0.1) is 5.82 Å². The molecule has 4 heteroatoms. The van der Waals surface area contributed by atoms with Gasteiger partial charge in [-0.25, -0.2) is 4.39 Å². The lowest BCUT2D eigenvalue weighted by Crippen LogP contribution is -1.88. The Morgan fingerprint density at radius 1 is 1.05 bits per heavy atom. The normalized spacial score (nSPS) is 11.2. The molecule has 0 amide bonds. The summed E-state index contributed by atoms with van der Waals surface area (Å²) in [6.45, 7) is 0. The molecule has 0 atom stereocenters. The summed E-state index contributed by atoms with van der Waals surface area (Å²) in [6, 6.07) is 10.1. The van der Waals surface area contributed by atoms with Gasteiger partial charge >= 0.3 is 0 Å². The molecule has 0 fully saturated rings. The molecule has 0 aliphatic rings. The third-order valence-corrected chi connectivity index (χ3v) is 2.75. The summed E-state index contributed by atoms with van der Waals surface area (Å²) in [5, 5.41) is 8.62. The number of hydrogen-bond acceptors (Lipinski definition) is 3. The van der Waals surface area contributed by atoms with Crippen LogP contribution in [0.3, 0.4) is 0 Å². The summed E-state index contributed by atoms with van der Waals surface area (Å²) >= 11 is 0. The molecule has 0 saturated heterocycles. The van der Waals surface area contributed by atoms with Gasteiger partial charge in [0.05, 0.1) is 17.4 Å². The Balaban J connectivity index is 2.06. The van der Waals surface area contributed by atoms with Crippen molar-refractivity contribution >= 4 is 23.1 Å². The van der Waals surface area contributed by atoms with Gasteiger partial charge < -0.3 is 0 Å². The van der Waals surface area contributed by atoms with E-state index >= 15 is 0 Å². The van der Waals surface area contributed by atoms with Crippen molar-refractivity contribution < 1.29 is 4.39 Å². The fourth-order valence-electron chi connectivity index (χ4n) is 1.83. The van der Waals surface area contributed by atoms with Crippen molar-refractivity contribution in [2.24, 2.45) is 0 Å². The number of fused-ring (bicyclic) bond motifs is 1. The van der Waals surface area contributed by atoms with Gasteiger partial charge in [0, 0.05) is 17.1 Å². The second kappa shape index (κ2) is 4.94. The number of benzene rings is 1. The minimum atomic E-state index is -0.284. The van der Waals surface area contributed by atoms with Crippen molar-refractivity contribution in [1.82, 2.24) is 15.2 Å². The van der Waals surface area contributed by atoms with E-state index in [1.165, 1.54) is 12.1 Å². The molecule has 92 valence electrons. The second-order valence-electron chi connectivity index (χ2n) is 4.05. The smallest absolute Gasteiger partial charge is 0.123 e. The third-order valence-electron chi connectivity index (χ3n) is 2.75. The highest BCUT2D eigenvalue weighted by Gasteiger charge is 2.01. The van der Waals surface area contributed by atoms with E-state index in [0.717, 1.165) is 16.6 Å². The van der Waals surface area contributed by atoms with Crippen molar-refractivity contribution in [3.63, 3.8) is 0 Å². The highest BCUT2D eigenvalue weighted by molar-refractivity contribution is 5.89. The Kier molecular flexibility index (Phi) is 2.98. The van der Waals surface area contributed by atoms with Gasteiger partial charge in [0.2, 0.25) is 0 Å². The van der Waals surface area contributed by atoms with E-state index in [2.05, 4.69) is 15.2 Å². The highest BCUT2D eigenvalue weighted by Crippen LogP contribution is 2.18. The van der Waals surface area contributed by atoms with Crippen LogP contribution in [0.15, 0.2) is 48.8 Å². The molecule has 0 saturated carbocycles. The zero-order chi connectivity index (χ0) is 13.1. The molecule has 0 bridgehead atoms. The molecule has 0 N–H and O–H groups in total. The Bertz CT molecular complexity index is 739. The van der Waals surface area contributed by atoms with Crippen LogP contribution in [0.1, 0.15) is 11.3 Å². The van der Waals surface area contributed by atoms with E-state index in [9.17, 15) is 4.39 Å². The molecule has 3 nitrogen and oxygen atoms in total. The van der Waals surface area contributed by atoms with E-state index in [0.29, 0.717) is 5.52 Å². The van der Waals surface area contributed by atoms with Crippen molar-refractivity contribution in [2.75, 3.05) is 0 Å². The van der Waals surface area contributed by atoms with Gasteiger partial charge in [0.25, 0.3) is 0 Å². The number of nitrogens with zero attached hydrogens (tertiary/aromatic N) is 3. The zero-order valence-corrected chi connectivity index (χ0v) is 9.99. The van der Waals surface area contributed by atoms with Crippen molar-refractivity contribution in [2.45, 2.75) is 0 Å². The van der Waals surface area contributed by atoms with Gasteiger partial charge in [-0.1, -0.05) is 12.1 Å². The molecule has 0 radical (unpaired) electrons. The first-order chi connectivity index (χ1) is 9.33. The maximum Gasteiger partial charge on any atom is 0.123 e. The predicted octanol–water partition coefficient (Wildman–Crippen LogP) is 3.33. The SMILES string of the molecule is Fc1ccc2nncc(/C=C\c3ccccn3)c2c1. The first-order valence-corrected chi connectivity index (χ1v) is 5.83. The zero-order valence-electron chi connectivity index (χ0n) is 9.99. The van der Waals surface area contributed by atoms with Gasteiger partial charge in [-0.15, -0.1) is 0 Å².